The van der Waals surface area contributed by atoms with Gasteiger partial charge in [-0.2, -0.15) is 0 Å². The van der Waals surface area contributed by atoms with E-state index in [9.17, 15) is 0 Å². The molecule has 1 aliphatic rings. The minimum atomic E-state index is 0.193. The van der Waals surface area contributed by atoms with Crippen LogP contribution >= 0.6 is 0 Å². The smallest absolute Gasteiger partial charge is 0.0708 e. The molecule has 3 heteroatoms. The van der Waals surface area contributed by atoms with Gasteiger partial charge in [-0.25, -0.2) is 0 Å². The van der Waals surface area contributed by atoms with Gasteiger partial charge in [-0.1, -0.05) is 31.0 Å². The van der Waals surface area contributed by atoms with Crippen molar-refractivity contribution in [3.05, 3.63) is 41.6 Å². The molecular formula is C18H25N3. The van der Waals surface area contributed by atoms with Crippen LogP contribution in [0.5, 0.6) is 0 Å². The lowest BCUT2D eigenvalue weighted by molar-refractivity contribution is 0.124. The van der Waals surface area contributed by atoms with Gasteiger partial charge >= 0.3 is 0 Å². The van der Waals surface area contributed by atoms with Crippen molar-refractivity contribution in [2.45, 2.75) is 44.7 Å². The van der Waals surface area contributed by atoms with Crippen LogP contribution in [0, 0.1) is 6.92 Å². The van der Waals surface area contributed by atoms with Gasteiger partial charge in [0.1, 0.15) is 0 Å². The monoisotopic (exact) mass is 283 g/mol. The van der Waals surface area contributed by atoms with E-state index in [1.807, 2.05) is 0 Å². The summed E-state index contributed by atoms with van der Waals surface area (Å²) in [6, 6.07) is 10.6. The summed E-state index contributed by atoms with van der Waals surface area (Å²) in [6.45, 7) is 3.77. The third-order valence-corrected chi connectivity index (χ3v) is 5.06. The third-order valence-electron chi connectivity index (χ3n) is 5.06. The summed E-state index contributed by atoms with van der Waals surface area (Å²) in [4.78, 5) is 7.11. The molecule has 0 atom stereocenters. The van der Waals surface area contributed by atoms with Crippen molar-refractivity contribution in [3.63, 3.8) is 0 Å². The minimum absolute atomic E-state index is 0.193. The molecule has 2 aromatic rings. The van der Waals surface area contributed by atoms with Crippen LogP contribution < -0.4 is 5.73 Å². The number of para-hydroxylation sites is 1. The maximum Gasteiger partial charge on any atom is 0.0708 e. The zero-order valence-electron chi connectivity index (χ0n) is 13.1. The van der Waals surface area contributed by atoms with Gasteiger partial charge in [0.2, 0.25) is 0 Å². The molecule has 0 unspecified atom stereocenters. The second kappa shape index (κ2) is 5.74. The van der Waals surface area contributed by atoms with E-state index < -0.39 is 0 Å². The van der Waals surface area contributed by atoms with Crippen molar-refractivity contribution < 1.29 is 0 Å². The molecule has 112 valence electrons. The number of likely N-dealkylation sites (N-methyl/N-ethyl adjacent to an activating group) is 1. The zero-order chi connectivity index (χ0) is 14.9. The zero-order valence-corrected chi connectivity index (χ0v) is 13.1. The quantitative estimate of drug-likeness (QED) is 0.936. The third kappa shape index (κ3) is 2.68. The van der Waals surface area contributed by atoms with E-state index in [1.54, 1.807) is 0 Å². The van der Waals surface area contributed by atoms with Crippen LogP contribution in [-0.4, -0.2) is 29.0 Å². The average Bonchev–Trinajstić information content (AvgIpc) is 2.97. The van der Waals surface area contributed by atoms with E-state index in [1.165, 1.54) is 36.6 Å². The van der Waals surface area contributed by atoms with E-state index >= 15 is 0 Å². The van der Waals surface area contributed by atoms with Crippen LogP contribution in [0.3, 0.4) is 0 Å². The molecule has 21 heavy (non-hydrogen) atoms. The van der Waals surface area contributed by atoms with Gasteiger partial charge in [-0.3, -0.25) is 9.88 Å². The molecule has 0 amide bonds. The van der Waals surface area contributed by atoms with Crippen LogP contribution in [0.25, 0.3) is 10.9 Å². The first kappa shape index (κ1) is 14.5. The molecule has 0 aliphatic heterocycles. The van der Waals surface area contributed by atoms with Gasteiger partial charge in [-0.05, 0) is 44.5 Å². The summed E-state index contributed by atoms with van der Waals surface area (Å²) in [5.41, 5.74) is 9.85. The molecule has 2 N–H and O–H groups in total. The van der Waals surface area contributed by atoms with Crippen molar-refractivity contribution in [2.24, 2.45) is 5.73 Å². The van der Waals surface area contributed by atoms with Gasteiger partial charge in [0, 0.05) is 29.7 Å². The maximum atomic E-state index is 6.11. The van der Waals surface area contributed by atoms with Crippen LogP contribution in [0.4, 0.5) is 0 Å². The van der Waals surface area contributed by atoms with Crippen molar-refractivity contribution in [1.29, 1.82) is 0 Å². The van der Waals surface area contributed by atoms with Crippen molar-refractivity contribution >= 4 is 10.9 Å². The number of aromatic nitrogens is 1. The molecule has 1 heterocycles. The first-order valence-electron chi connectivity index (χ1n) is 7.91. The Morgan fingerprint density at radius 2 is 1.95 bits per heavy atom. The summed E-state index contributed by atoms with van der Waals surface area (Å²) >= 11 is 0. The normalized spacial score (nSPS) is 17.7. The van der Waals surface area contributed by atoms with Crippen LogP contribution in [0.15, 0.2) is 30.3 Å². The molecule has 3 rings (SSSR count). The van der Waals surface area contributed by atoms with Gasteiger partial charge in [0.15, 0.2) is 0 Å². The maximum absolute atomic E-state index is 6.11. The van der Waals surface area contributed by atoms with Gasteiger partial charge in [-0.15, -0.1) is 0 Å². The molecule has 0 saturated heterocycles. The molecule has 1 aromatic heterocycles. The van der Waals surface area contributed by atoms with Gasteiger partial charge in [0.25, 0.3) is 0 Å². The topological polar surface area (TPSA) is 42.1 Å². The van der Waals surface area contributed by atoms with E-state index in [-0.39, 0.29) is 5.54 Å². The lowest BCUT2D eigenvalue weighted by Gasteiger charge is -2.38. The largest absolute Gasteiger partial charge is 0.329 e. The fourth-order valence-corrected chi connectivity index (χ4v) is 3.72. The SMILES string of the molecule is Cc1cc(CN(C)C2(CN)CCCC2)c2ccccc2n1. The summed E-state index contributed by atoms with van der Waals surface area (Å²) in [7, 11) is 2.22. The minimum Gasteiger partial charge on any atom is -0.329 e. The number of rotatable bonds is 4. The van der Waals surface area contributed by atoms with Crippen molar-refractivity contribution in [1.82, 2.24) is 9.88 Å². The summed E-state index contributed by atoms with van der Waals surface area (Å²) in [5.74, 6) is 0. The Labute approximate surface area is 127 Å². The molecular weight excluding hydrogens is 258 g/mol. The van der Waals surface area contributed by atoms with Crippen LogP contribution in [-0.2, 0) is 6.54 Å². The number of hydrogen-bond acceptors (Lipinski definition) is 3. The van der Waals surface area contributed by atoms with Crippen molar-refractivity contribution in [2.75, 3.05) is 13.6 Å². The fraction of sp³-hybridized carbons (Fsp3) is 0.500. The lowest BCUT2D eigenvalue weighted by Crippen LogP contribution is -2.49. The van der Waals surface area contributed by atoms with Crippen LogP contribution in [0.1, 0.15) is 36.9 Å². The summed E-state index contributed by atoms with van der Waals surface area (Å²) in [6.07, 6.45) is 5.05. The first-order valence-corrected chi connectivity index (χ1v) is 7.91. The van der Waals surface area contributed by atoms with E-state index in [2.05, 4.69) is 54.2 Å². The van der Waals surface area contributed by atoms with E-state index in [4.69, 9.17) is 5.73 Å². The summed E-state index contributed by atoms with van der Waals surface area (Å²) in [5, 5.41) is 1.26. The predicted molar refractivity (Wildman–Crippen MR) is 88.2 cm³/mol. The average molecular weight is 283 g/mol. The molecule has 0 radical (unpaired) electrons. The Hall–Kier alpha value is -1.45. The number of nitrogens with zero attached hydrogens (tertiary/aromatic N) is 2. The molecule has 1 aliphatic carbocycles. The number of pyridine rings is 1. The Morgan fingerprint density at radius 1 is 1.24 bits per heavy atom. The molecule has 1 fully saturated rings. The number of aryl methyl sites for hydroxylation is 1. The highest BCUT2D eigenvalue weighted by Gasteiger charge is 2.36. The highest BCUT2D eigenvalue weighted by Crippen LogP contribution is 2.35. The number of hydrogen-bond donors (Lipinski definition) is 1. The number of nitrogens with two attached hydrogens (primary N) is 1. The predicted octanol–water partition coefficient (Wildman–Crippen LogP) is 3.25. The molecule has 0 spiro atoms. The second-order valence-electron chi connectivity index (χ2n) is 6.43. The molecule has 1 aromatic carbocycles. The standard InChI is InChI=1S/C18H25N3/c1-14-11-15(16-7-3-4-8-17(16)20-14)12-21(2)18(13-19)9-5-6-10-18/h3-4,7-8,11H,5-6,9-10,12-13,19H2,1-2H3. The highest BCUT2D eigenvalue weighted by molar-refractivity contribution is 5.82. The summed E-state index contributed by atoms with van der Waals surface area (Å²) < 4.78 is 0. The lowest BCUT2D eigenvalue weighted by atomic mass is 9.94. The Bertz CT molecular complexity index is 629. The highest BCUT2D eigenvalue weighted by atomic mass is 15.2. The van der Waals surface area contributed by atoms with Gasteiger partial charge < -0.3 is 5.73 Å². The van der Waals surface area contributed by atoms with Crippen molar-refractivity contribution in [3.8, 4) is 0 Å². The molecule has 3 nitrogen and oxygen atoms in total. The number of benzene rings is 1. The molecule has 1 saturated carbocycles. The second-order valence-corrected chi connectivity index (χ2v) is 6.43. The fourth-order valence-electron chi connectivity index (χ4n) is 3.72. The van der Waals surface area contributed by atoms with Gasteiger partial charge in [0.05, 0.1) is 5.52 Å². The first-order chi connectivity index (χ1) is 10.1. The Kier molecular flexibility index (Phi) is 3.96. The Morgan fingerprint density at radius 3 is 2.67 bits per heavy atom. The number of fused-ring (bicyclic) bond motifs is 1. The van der Waals surface area contributed by atoms with Crippen LogP contribution in [0.2, 0.25) is 0 Å². The van der Waals surface area contributed by atoms with E-state index in [0.717, 1.165) is 24.3 Å². The van der Waals surface area contributed by atoms with E-state index in [0.29, 0.717) is 0 Å². The molecule has 0 bridgehead atoms. The Balaban J connectivity index is 1.94.